The van der Waals surface area contributed by atoms with E-state index in [0.29, 0.717) is 26.2 Å². The maximum atomic E-state index is 11.7. The molecule has 0 amide bonds. The number of esters is 1. The Morgan fingerprint density at radius 2 is 1.86 bits per heavy atom. The summed E-state index contributed by atoms with van der Waals surface area (Å²) in [7, 11) is -4.42. The van der Waals surface area contributed by atoms with Crippen LogP contribution in [-0.2, 0) is 13.9 Å². The number of halogens is 3. The molecule has 11 heteroatoms. The van der Waals surface area contributed by atoms with Gasteiger partial charge in [0, 0.05) is 16.0 Å². The topological polar surface area (TPSA) is 93.1 Å². The number of benzene rings is 1. The average Bonchev–Trinajstić information content (AvgIpc) is 2.36. The van der Waals surface area contributed by atoms with Crippen molar-refractivity contribution in [2.45, 2.75) is 0 Å². The van der Waals surface area contributed by atoms with Gasteiger partial charge < -0.3 is 14.5 Å². The normalized spacial score (nSPS) is 11.5. The summed E-state index contributed by atoms with van der Waals surface area (Å²) in [6.07, 6.45) is 1.34. The lowest BCUT2D eigenvalue weighted by Gasteiger charge is -2.09. The fourth-order valence-corrected chi connectivity index (χ4v) is 4.69. The van der Waals surface area contributed by atoms with E-state index in [9.17, 15) is 9.36 Å². The molecule has 0 atom stereocenters. The van der Waals surface area contributed by atoms with E-state index in [-0.39, 0.29) is 6.61 Å². The summed E-state index contributed by atoms with van der Waals surface area (Å²) in [6, 6.07) is 3.50. The molecule has 0 aromatic heterocycles. The van der Waals surface area contributed by atoms with E-state index in [0.717, 1.165) is 4.47 Å². The Kier molecular flexibility index (Phi) is 9.17. The molecular formula is C11H11Br3O6PS. The van der Waals surface area contributed by atoms with Crippen LogP contribution in [0.3, 0.4) is 0 Å². The van der Waals surface area contributed by atoms with Crippen LogP contribution in [0.2, 0.25) is 0 Å². The Balaban J connectivity index is 2.31. The maximum Gasteiger partial charge on any atom is 0.469 e. The van der Waals surface area contributed by atoms with Gasteiger partial charge in [-0.1, -0.05) is 15.9 Å². The number of rotatable bonds is 8. The molecule has 0 aliphatic rings. The Morgan fingerprint density at radius 3 is 2.41 bits per heavy atom. The molecule has 0 aliphatic heterocycles. The van der Waals surface area contributed by atoms with Crippen LogP contribution in [0, 0.1) is 6.42 Å². The predicted molar refractivity (Wildman–Crippen MR) is 94.8 cm³/mol. The molecule has 0 saturated carbocycles. The fraction of sp³-hybridized carbons (Fsp3) is 0.273. The third-order valence-electron chi connectivity index (χ3n) is 2.02. The van der Waals surface area contributed by atoms with Crippen LogP contribution >= 0.6 is 67.4 Å². The minimum atomic E-state index is -4.42. The van der Waals surface area contributed by atoms with Gasteiger partial charge >= 0.3 is 13.8 Å². The van der Waals surface area contributed by atoms with E-state index >= 15 is 0 Å². The molecular weight excluding hydrogens is 531 g/mol. The molecule has 1 aromatic rings. The maximum absolute atomic E-state index is 11.7. The molecule has 123 valence electrons. The molecule has 2 N–H and O–H groups in total. The fourth-order valence-electron chi connectivity index (χ4n) is 1.19. The zero-order chi connectivity index (χ0) is 16.8. The Bertz CT molecular complexity index is 556. The first kappa shape index (κ1) is 20.6. The quantitative estimate of drug-likeness (QED) is 0.223. The molecule has 1 radical (unpaired) electrons. The predicted octanol–water partition coefficient (Wildman–Crippen LogP) is 3.93. The Hall–Kier alpha value is 0.590. The van der Waals surface area contributed by atoms with E-state index in [1.165, 1.54) is 18.2 Å². The second-order valence-corrected chi connectivity index (χ2v) is 8.74. The molecule has 0 spiro atoms. The lowest BCUT2D eigenvalue weighted by atomic mass is 10.3. The molecule has 6 nitrogen and oxygen atoms in total. The van der Waals surface area contributed by atoms with Crippen molar-refractivity contribution in [3.8, 4) is 5.75 Å². The summed E-state index contributed by atoms with van der Waals surface area (Å²) in [5, 5.41) is 0. The third kappa shape index (κ3) is 8.44. The molecule has 0 saturated heterocycles. The number of carbonyl (C=O) groups excluding carboxylic acids is 1. The number of hydrogen-bond acceptors (Lipinski definition) is 5. The highest BCUT2D eigenvalue weighted by Gasteiger charge is 2.14. The van der Waals surface area contributed by atoms with E-state index in [1.807, 2.05) is 0 Å². The standard InChI is InChI=1S/C11H11Br3O6PS/c12-7-5-8(13)11(9(14)6-7)20-10(15)1-3-22-4-2-19-21(16,17)18/h1,5-6H,2-4H2,(H2,16,17,18). The number of phosphoric ester groups is 1. The van der Waals surface area contributed by atoms with Crippen LogP contribution in [-0.4, -0.2) is 33.9 Å². The first-order valence-electron chi connectivity index (χ1n) is 5.66. The van der Waals surface area contributed by atoms with Gasteiger partial charge in [0.25, 0.3) is 0 Å². The lowest BCUT2D eigenvalue weighted by molar-refractivity contribution is -0.130. The second kappa shape index (κ2) is 9.78. The van der Waals surface area contributed by atoms with Crippen molar-refractivity contribution in [1.82, 2.24) is 0 Å². The van der Waals surface area contributed by atoms with Crippen LogP contribution in [0.5, 0.6) is 5.75 Å². The zero-order valence-corrected chi connectivity index (χ0v) is 17.3. The van der Waals surface area contributed by atoms with Crippen molar-refractivity contribution in [3.05, 3.63) is 32.0 Å². The molecule has 0 fully saturated rings. The molecule has 0 aliphatic carbocycles. The average molecular weight is 542 g/mol. The van der Waals surface area contributed by atoms with Gasteiger partial charge in [-0.2, -0.15) is 11.8 Å². The van der Waals surface area contributed by atoms with E-state index in [1.54, 1.807) is 12.1 Å². The van der Waals surface area contributed by atoms with Gasteiger partial charge in [0.05, 0.1) is 22.0 Å². The van der Waals surface area contributed by atoms with Crippen LogP contribution in [0.1, 0.15) is 0 Å². The first-order valence-corrected chi connectivity index (χ1v) is 10.7. The summed E-state index contributed by atoms with van der Waals surface area (Å²) in [5.41, 5.74) is 0. The summed E-state index contributed by atoms with van der Waals surface area (Å²) in [6.45, 7) is -0.0956. The number of hydrogen-bond donors (Lipinski definition) is 2. The highest BCUT2D eigenvalue weighted by Crippen LogP contribution is 2.37. The highest BCUT2D eigenvalue weighted by molar-refractivity contribution is 9.11. The van der Waals surface area contributed by atoms with Crippen LogP contribution in [0.15, 0.2) is 25.6 Å². The van der Waals surface area contributed by atoms with Crippen molar-refractivity contribution < 1.29 is 28.4 Å². The van der Waals surface area contributed by atoms with Gasteiger partial charge in [-0.05, 0) is 44.0 Å². The largest absolute Gasteiger partial charge is 0.469 e. The smallest absolute Gasteiger partial charge is 0.424 e. The first-order chi connectivity index (χ1) is 10.2. The van der Waals surface area contributed by atoms with Crippen molar-refractivity contribution in [2.24, 2.45) is 0 Å². The SMILES string of the molecule is O=C([CH]CSCCOP(=O)(O)O)Oc1c(Br)cc(Br)cc1Br. The number of thioether (sulfide) groups is 1. The van der Waals surface area contributed by atoms with E-state index in [4.69, 9.17) is 14.5 Å². The van der Waals surface area contributed by atoms with Crippen LogP contribution in [0.4, 0.5) is 0 Å². The third-order valence-corrected chi connectivity index (χ3v) is 5.03. The van der Waals surface area contributed by atoms with Gasteiger partial charge in [-0.25, -0.2) is 4.57 Å². The Labute approximate surface area is 157 Å². The molecule has 0 unspecified atom stereocenters. The number of phosphoric acid groups is 1. The monoisotopic (exact) mass is 539 g/mol. The molecule has 1 aromatic carbocycles. The minimum Gasteiger partial charge on any atom is -0.424 e. The summed E-state index contributed by atoms with van der Waals surface area (Å²) in [4.78, 5) is 28.7. The van der Waals surface area contributed by atoms with Crippen molar-refractivity contribution in [2.75, 3.05) is 18.1 Å². The zero-order valence-electron chi connectivity index (χ0n) is 10.9. The summed E-state index contributed by atoms with van der Waals surface area (Å²) < 4.78 is 22.0. The van der Waals surface area contributed by atoms with Gasteiger partial charge in [0.1, 0.15) is 0 Å². The number of carbonyl (C=O) groups is 1. The number of ether oxygens (including phenoxy) is 1. The highest BCUT2D eigenvalue weighted by atomic mass is 79.9. The van der Waals surface area contributed by atoms with E-state index in [2.05, 4.69) is 52.3 Å². The summed E-state index contributed by atoms with van der Waals surface area (Å²) >= 11 is 11.2. The van der Waals surface area contributed by atoms with Crippen molar-refractivity contribution >= 4 is 73.3 Å². The van der Waals surface area contributed by atoms with E-state index < -0.39 is 13.8 Å². The van der Waals surface area contributed by atoms with Gasteiger partial charge in [-0.3, -0.25) is 9.32 Å². The second-order valence-electron chi connectivity index (χ2n) is 3.72. The van der Waals surface area contributed by atoms with Crippen molar-refractivity contribution in [1.29, 1.82) is 0 Å². The molecule has 0 bridgehead atoms. The van der Waals surface area contributed by atoms with Crippen LogP contribution < -0.4 is 4.74 Å². The molecule has 0 heterocycles. The lowest BCUT2D eigenvalue weighted by Crippen LogP contribution is -2.11. The van der Waals surface area contributed by atoms with Gasteiger partial charge in [0.2, 0.25) is 0 Å². The summed E-state index contributed by atoms with van der Waals surface area (Å²) in [5.74, 6) is 0.543. The van der Waals surface area contributed by atoms with Crippen LogP contribution in [0.25, 0.3) is 0 Å². The Morgan fingerprint density at radius 1 is 1.27 bits per heavy atom. The van der Waals surface area contributed by atoms with Gasteiger partial charge in [0.15, 0.2) is 5.75 Å². The van der Waals surface area contributed by atoms with Crippen molar-refractivity contribution in [3.63, 3.8) is 0 Å². The molecule has 1 rings (SSSR count). The molecule has 22 heavy (non-hydrogen) atoms. The van der Waals surface area contributed by atoms with Gasteiger partial charge in [-0.15, -0.1) is 0 Å². The minimum absolute atomic E-state index is 0.0956.